The Labute approximate surface area is 114 Å². The maximum Gasteiger partial charge on any atom is 0.252 e. The number of methoxy groups -OCH3 is 2. The second-order valence-corrected chi connectivity index (χ2v) is 4.50. The molecule has 0 aliphatic carbocycles. The van der Waals surface area contributed by atoms with Crippen molar-refractivity contribution in [2.24, 2.45) is 0 Å². The molecule has 0 radical (unpaired) electrons. The zero-order valence-corrected chi connectivity index (χ0v) is 12.0. The van der Waals surface area contributed by atoms with Crippen LogP contribution in [0.4, 0.5) is 4.39 Å². The van der Waals surface area contributed by atoms with Gasteiger partial charge in [-0.25, -0.2) is 4.39 Å². The molecular formula is C12H15BrFNO3. The van der Waals surface area contributed by atoms with Crippen LogP contribution in [0.2, 0.25) is 0 Å². The van der Waals surface area contributed by atoms with Crippen molar-refractivity contribution < 1.29 is 18.7 Å². The minimum atomic E-state index is -0.554. The molecule has 1 rings (SSSR count). The van der Waals surface area contributed by atoms with Gasteiger partial charge in [-0.15, -0.1) is 0 Å². The van der Waals surface area contributed by atoms with Crippen LogP contribution in [0.25, 0.3) is 0 Å². The topological polar surface area (TPSA) is 47.6 Å². The lowest BCUT2D eigenvalue weighted by Gasteiger charge is -2.22. The molecule has 0 aliphatic heterocycles. The molecule has 18 heavy (non-hydrogen) atoms. The summed E-state index contributed by atoms with van der Waals surface area (Å²) < 4.78 is 23.5. The van der Waals surface area contributed by atoms with Gasteiger partial charge in [0, 0.05) is 14.2 Å². The molecule has 0 saturated heterocycles. The third-order valence-electron chi connectivity index (χ3n) is 2.43. The first-order chi connectivity index (χ1) is 8.51. The molecule has 100 valence electrons. The molecule has 0 heterocycles. The molecule has 4 nitrogen and oxygen atoms in total. The lowest BCUT2D eigenvalue weighted by molar-refractivity contribution is -0.117. The van der Waals surface area contributed by atoms with E-state index in [9.17, 15) is 9.18 Å². The quantitative estimate of drug-likeness (QED) is 0.847. The van der Waals surface area contributed by atoms with Crippen LogP contribution in [0.1, 0.15) is 17.3 Å². The maximum absolute atomic E-state index is 13.3. The van der Waals surface area contributed by atoms with Crippen molar-refractivity contribution in [2.75, 3.05) is 14.2 Å². The van der Waals surface area contributed by atoms with E-state index in [0.717, 1.165) is 0 Å². The summed E-state index contributed by atoms with van der Waals surface area (Å²) in [5.41, 5.74) is 0.229. The second kappa shape index (κ2) is 6.82. The zero-order chi connectivity index (χ0) is 13.7. The van der Waals surface area contributed by atoms with E-state index < -0.39 is 18.0 Å². The first-order valence-electron chi connectivity index (χ1n) is 5.31. The first-order valence-corrected chi connectivity index (χ1v) is 6.11. The number of nitrogens with one attached hydrogen (secondary N) is 1. The Bertz CT molecular complexity index is 424. The highest BCUT2D eigenvalue weighted by Gasteiger charge is 2.20. The Hall–Kier alpha value is -0.980. The van der Waals surface area contributed by atoms with Gasteiger partial charge in [-0.2, -0.15) is 0 Å². The summed E-state index contributed by atoms with van der Waals surface area (Å²) in [5.74, 6) is -0.877. The predicted octanol–water partition coefficient (Wildman–Crippen LogP) is 2.33. The van der Waals surface area contributed by atoms with Crippen LogP contribution in [-0.4, -0.2) is 32.5 Å². The molecule has 6 heteroatoms. The van der Waals surface area contributed by atoms with E-state index in [4.69, 9.17) is 9.47 Å². The smallest absolute Gasteiger partial charge is 0.252 e. The number of carbonyl (C=O) groups excluding carboxylic acids is 1. The third-order valence-corrected chi connectivity index (χ3v) is 3.23. The van der Waals surface area contributed by atoms with Crippen molar-refractivity contribution >= 4 is 21.8 Å². The maximum atomic E-state index is 13.3. The van der Waals surface area contributed by atoms with Crippen molar-refractivity contribution in [3.63, 3.8) is 0 Å². The van der Waals surface area contributed by atoms with Crippen molar-refractivity contribution in [2.45, 2.75) is 19.3 Å². The number of benzene rings is 1. The molecule has 1 amide bonds. The molecule has 0 aromatic heterocycles. The van der Waals surface area contributed by atoms with E-state index in [2.05, 4.69) is 21.2 Å². The van der Waals surface area contributed by atoms with Crippen LogP contribution in [0, 0.1) is 5.82 Å². The first kappa shape index (κ1) is 15.1. The SMILES string of the molecule is COC(OC)C(C)NC(=O)c1cccc(F)c1Br. The van der Waals surface area contributed by atoms with Crippen LogP contribution >= 0.6 is 15.9 Å². The number of halogens is 2. The Morgan fingerprint density at radius 3 is 2.56 bits per heavy atom. The standard InChI is InChI=1S/C12H15BrFNO3/c1-7(12(17-2)18-3)15-11(16)8-5-4-6-9(14)10(8)13/h4-7,12H,1-3H3,(H,15,16). The average molecular weight is 320 g/mol. The highest BCUT2D eigenvalue weighted by molar-refractivity contribution is 9.10. The molecule has 1 aromatic rings. The van der Waals surface area contributed by atoms with Gasteiger partial charge in [0.1, 0.15) is 5.82 Å². The predicted molar refractivity (Wildman–Crippen MR) is 68.8 cm³/mol. The van der Waals surface area contributed by atoms with E-state index in [1.54, 1.807) is 6.92 Å². The van der Waals surface area contributed by atoms with Gasteiger partial charge in [-0.05, 0) is 35.0 Å². The summed E-state index contributed by atoms with van der Waals surface area (Å²) in [6.07, 6.45) is -0.554. The van der Waals surface area contributed by atoms with Gasteiger partial charge >= 0.3 is 0 Å². The van der Waals surface area contributed by atoms with Gasteiger partial charge in [0.05, 0.1) is 16.1 Å². The second-order valence-electron chi connectivity index (χ2n) is 3.70. The number of hydrogen-bond donors (Lipinski definition) is 1. The Morgan fingerprint density at radius 1 is 1.39 bits per heavy atom. The minimum absolute atomic E-state index is 0.140. The average Bonchev–Trinajstić information content (AvgIpc) is 2.34. The molecule has 1 unspecified atom stereocenters. The number of rotatable bonds is 5. The lowest BCUT2D eigenvalue weighted by atomic mass is 10.2. The fraction of sp³-hybridized carbons (Fsp3) is 0.417. The van der Waals surface area contributed by atoms with Crippen molar-refractivity contribution in [3.05, 3.63) is 34.1 Å². The van der Waals surface area contributed by atoms with Crippen LogP contribution in [-0.2, 0) is 9.47 Å². The largest absolute Gasteiger partial charge is 0.354 e. The number of amides is 1. The van der Waals surface area contributed by atoms with Gasteiger partial charge in [0.15, 0.2) is 6.29 Å². The van der Waals surface area contributed by atoms with Gasteiger partial charge in [0.2, 0.25) is 0 Å². The Balaban J connectivity index is 2.79. The van der Waals surface area contributed by atoms with Gasteiger partial charge in [-0.3, -0.25) is 4.79 Å². The highest BCUT2D eigenvalue weighted by Crippen LogP contribution is 2.20. The molecule has 0 aliphatic rings. The summed E-state index contributed by atoms with van der Waals surface area (Å²) in [6, 6.07) is 3.92. The summed E-state index contributed by atoms with van der Waals surface area (Å²) in [6.45, 7) is 1.74. The normalized spacial score (nSPS) is 12.6. The molecule has 0 saturated carbocycles. The molecule has 0 fully saturated rings. The summed E-state index contributed by atoms with van der Waals surface area (Å²) in [5, 5.41) is 2.68. The summed E-state index contributed by atoms with van der Waals surface area (Å²) >= 11 is 3.04. The Morgan fingerprint density at radius 2 is 2.00 bits per heavy atom. The van der Waals surface area contributed by atoms with Crippen LogP contribution in [0.3, 0.4) is 0 Å². The lowest BCUT2D eigenvalue weighted by Crippen LogP contribution is -2.43. The van der Waals surface area contributed by atoms with E-state index in [0.29, 0.717) is 0 Å². The van der Waals surface area contributed by atoms with Gasteiger partial charge in [0.25, 0.3) is 5.91 Å². The van der Waals surface area contributed by atoms with E-state index in [-0.39, 0.29) is 16.1 Å². The van der Waals surface area contributed by atoms with Crippen LogP contribution in [0.5, 0.6) is 0 Å². The third kappa shape index (κ3) is 3.51. The molecule has 1 atom stereocenters. The minimum Gasteiger partial charge on any atom is -0.354 e. The molecular weight excluding hydrogens is 305 g/mol. The summed E-state index contributed by atoms with van der Waals surface area (Å²) in [7, 11) is 2.96. The fourth-order valence-corrected chi connectivity index (χ4v) is 1.98. The molecule has 0 bridgehead atoms. The molecule has 0 spiro atoms. The highest BCUT2D eigenvalue weighted by atomic mass is 79.9. The van der Waals surface area contributed by atoms with Gasteiger partial charge in [-0.1, -0.05) is 6.07 Å². The van der Waals surface area contributed by atoms with Gasteiger partial charge < -0.3 is 14.8 Å². The number of ether oxygens (including phenoxy) is 2. The van der Waals surface area contributed by atoms with Crippen molar-refractivity contribution in [3.8, 4) is 0 Å². The molecule has 1 N–H and O–H groups in total. The van der Waals surface area contributed by atoms with Crippen molar-refractivity contribution in [1.82, 2.24) is 5.32 Å². The zero-order valence-electron chi connectivity index (χ0n) is 10.4. The Kier molecular flexibility index (Phi) is 5.71. The van der Waals surface area contributed by atoms with E-state index >= 15 is 0 Å². The van der Waals surface area contributed by atoms with Crippen LogP contribution in [0.15, 0.2) is 22.7 Å². The van der Waals surface area contributed by atoms with E-state index in [1.807, 2.05) is 0 Å². The molecule has 1 aromatic carbocycles. The van der Waals surface area contributed by atoms with Crippen molar-refractivity contribution in [1.29, 1.82) is 0 Å². The number of hydrogen-bond acceptors (Lipinski definition) is 3. The fourth-order valence-electron chi connectivity index (χ4n) is 1.54. The number of carbonyl (C=O) groups is 1. The monoisotopic (exact) mass is 319 g/mol. The van der Waals surface area contributed by atoms with E-state index in [1.165, 1.54) is 32.4 Å². The van der Waals surface area contributed by atoms with Crippen LogP contribution < -0.4 is 5.32 Å². The summed E-state index contributed by atoms with van der Waals surface area (Å²) in [4.78, 5) is 11.9.